The third-order valence-electron chi connectivity index (χ3n) is 2.86. The first-order valence-electron chi connectivity index (χ1n) is 6.08. The van der Waals surface area contributed by atoms with Crippen molar-refractivity contribution in [3.63, 3.8) is 0 Å². The molecule has 0 bridgehead atoms. The van der Waals surface area contributed by atoms with Gasteiger partial charge in [0.05, 0.1) is 6.61 Å². The highest BCUT2D eigenvalue weighted by Gasteiger charge is 2.14. The van der Waals surface area contributed by atoms with Gasteiger partial charge >= 0.3 is 0 Å². The lowest BCUT2D eigenvalue weighted by Crippen LogP contribution is -2.29. The highest BCUT2D eigenvalue weighted by molar-refractivity contribution is 7.05. The summed E-state index contributed by atoms with van der Waals surface area (Å²) in [5, 5.41) is 12.2. The Kier molecular flexibility index (Phi) is 4.65. The third-order valence-corrected chi connectivity index (χ3v) is 3.55. The van der Waals surface area contributed by atoms with E-state index in [2.05, 4.69) is 9.69 Å². The molecule has 1 aromatic heterocycles. The highest BCUT2D eigenvalue weighted by atomic mass is 32.1. The number of hydrogen-bond donors (Lipinski definition) is 2. The van der Waals surface area contributed by atoms with Gasteiger partial charge in [-0.1, -0.05) is 30.3 Å². The molecule has 0 aliphatic rings. The quantitative estimate of drug-likeness (QED) is 0.877. The molecule has 0 spiro atoms. The average Bonchev–Trinajstić information content (AvgIpc) is 2.87. The van der Waals surface area contributed by atoms with Crippen LogP contribution in [0.25, 0.3) is 0 Å². The Balaban J connectivity index is 1.95. The minimum atomic E-state index is -0.196. The van der Waals surface area contributed by atoms with Gasteiger partial charge in [-0.25, -0.2) is 0 Å². The number of aliphatic hydroxyl groups is 1. The van der Waals surface area contributed by atoms with E-state index in [4.69, 9.17) is 0 Å². The fourth-order valence-corrected chi connectivity index (χ4v) is 2.34. The van der Waals surface area contributed by atoms with Gasteiger partial charge in [0.25, 0.3) is 5.91 Å². The fraction of sp³-hybridized carbons (Fsp3) is 0.286. The van der Waals surface area contributed by atoms with Crippen LogP contribution in [0.15, 0.2) is 36.4 Å². The summed E-state index contributed by atoms with van der Waals surface area (Å²) in [4.78, 5) is 12.9. The van der Waals surface area contributed by atoms with E-state index in [1.54, 1.807) is 6.07 Å². The second kappa shape index (κ2) is 6.45. The minimum Gasteiger partial charge on any atom is -0.396 e. The Morgan fingerprint density at radius 2 is 2.16 bits per heavy atom. The van der Waals surface area contributed by atoms with Gasteiger partial charge in [-0.2, -0.15) is 4.37 Å². The van der Waals surface area contributed by atoms with E-state index >= 15 is 0 Å². The number of carbonyl (C=O) groups is 1. The van der Waals surface area contributed by atoms with Crippen molar-refractivity contribution in [2.75, 3.05) is 13.2 Å². The molecular formula is C14H16N2O2S. The van der Waals surface area contributed by atoms with E-state index in [0.29, 0.717) is 12.2 Å². The molecule has 2 N–H and O–H groups in total. The first kappa shape index (κ1) is 13.7. The van der Waals surface area contributed by atoms with Crippen LogP contribution in [0.1, 0.15) is 26.8 Å². The number of carbonyl (C=O) groups excluding carboxylic acids is 1. The Hall–Kier alpha value is -1.72. The van der Waals surface area contributed by atoms with E-state index < -0.39 is 0 Å². The van der Waals surface area contributed by atoms with Crippen LogP contribution < -0.4 is 5.32 Å². The number of aromatic nitrogens is 1. The molecule has 0 aliphatic heterocycles. The van der Waals surface area contributed by atoms with Gasteiger partial charge in [0.15, 0.2) is 0 Å². The van der Waals surface area contributed by atoms with Crippen molar-refractivity contribution in [3.8, 4) is 0 Å². The van der Waals surface area contributed by atoms with Crippen LogP contribution in [0.2, 0.25) is 0 Å². The van der Waals surface area contributed by atoms with Crippen molar-refractivity contribution >= 4 is 17.4 Å². The van der Waals surface area contributed by atoms with Gasteiger partial charge in [-0.3, -0.25) is 4.79 Å². The predicted molar refractivity (Wildman–Crippen MR) is 75.5 cm³/mol. The molecule has 0 aliphatic carbocycles. The summed E-state index contributed by atoms with van der Waals surface area (Å²) in [6.45, 7) is 2.31. The van der Waals surface area contributed by atoms with Crippen molar-refractivity contribution in [1.29, 1.82) is 0 Å². The summed E-state index contributed by atoms with van der Waals surface area (Å²) in [5.74, 6) is -0.288. The second-order valence-electron chi connectivity index (χ2n) is 4.32. The number of aryl methyl sites for hydroxylation is 1. The van der Waals surface area contributed by atoms with Crippen LogP contribution in [-0.4, -0.2) is 28.5 Å². The lowest BCUT2D eigenvalue weighted by Gasteiger charge is -2.14. The topological polar surface area (TPSA) is 62.2 Å². The predicted octanol–water partition coefficient (Wildman–Crippen LogP) is 1.96. The molecule has 0 saturated carbocycles. The molecule has 100 valence electrons. The lowest BCUT2D eigenvalue weighted by molar-refractivity contribution is 0.0943. The molecule has 0 radical (unpaired) electrons. The molecule has 19 heavy (non-hydrogen) atoms. The zero-order chi connectivity index (χ0) is 13.7. The number of rotatable bonds is 5. The van der Waals surface area contributed by atoms with Crippen LogP contribution in [-0.2, 0) is 0 Å². The van der Waals surface area contributed by atoms with E-state index in [1.165, 1.54) is 11.5 Å². The molecule has 1 aromatic carbocycles. The molecule has 5 heteroatoms. The van der Waals surface area contributed by atoms with Crippen LogP contribution in [0.4, 0.5) is 0 Å². The van der Waals surface area contributed by atoms with Crippen molar-refractivity contribution < 1.29 is 9.90 Å². The minimum absolute atomic E-state index is 0.000384. The normalized spacial score (nSPS) is 12.1. The molecular weight excluding hydrogens is 260 g/mol. The molecule has 2 aromatic rings. The van der Waals surface area contributed by atoms with Gasteiger partial charge in [-0.05, 0) is 30.1 Å². The Labute approximate surface area is 116 Å². The second-order valence-corrected chi connectivity index (χ2v) is 5.33. The molecule has 2 rings (SSSR count). The Morgan fingerprint density at radius 1 is 1.42 bits per heavy atom. The van der Waals surface area contributed by atoms with Gasteiger partial charge in [0.1, 0.15) is 5.69 Å². The van der Waals surface area contributed by atoms with Crippen LogP contribution >= 0.6 is 11.5 Å². The summed E-state index contributed by atoms with van der Waals surface area (Å²) in [5.41, 5.74) is 1.45. The maximum Gasteiger partial charge on any atom is 0.271 e. The van der Waals surface area contributed by atoms with Crippen LogP contribution in [0.3, 0.4) is 0 Å². The van der Waals surface area contributed by atoms with Gasteiger partial charge in [0, 0.05) is 17.3 Å². The maximum absolute atomic E-state index is 11.9. The van der Waals surface area contributed by atoms with E-state index in [0.717, 1.165) is 10.4 Å². The van der Waals surface area contributed by atoms with E-state index in [1.807, 2.05) is 37.3 Å². The highest BCUT2D eigenvalue weighted by Crippen LogP contribution is 2.14. The standard InChI is InChI=1S/C14H16N2O2S/c1-10-7-13(16-19-10)14(18)15-8-12(9-17)11-5-3-2-4-6-11/h2-7,12,17H,8-9H2,1H3,(H,15,18)/t12-/m0/s1. The molecule has 1 amide bonds. The monoisotopic (exact) mass is 276 g/mol. The van der Waals surface area contributed by atoms with E-state index in [-0.39, 0.29) is 18.4 Å². The average molecular weight is 276 g/mol. The smallest absolute Gasteiger partial charge is 0.271 e. The molecule has 1 atom stereocenters. The molecule has 0 fully saturated rings. The number of aliphatic hydroxyl groups excluding tert-OH is 1. The van der Waals surface area contributed by atoms with Crippen LogP contribution in [0.5, 0.6) is 0 Å². The van der Waals surface area contributed by atoms with E-state index in [9.17, 15) is 9.90 Å². The van der Waals surface area contributed by atoms with Crippen molar-refractivity contribution in [2.45, 2.75) is 12.8 Å². The SMILES string of the molecule is Cc1cc(C(=O)NC[C@@H](CO)c2ccccc2)ns1. The first-order valence-corrected chi connectivity index (χ1v) is 6.85. The molecule has 4 nitrogen and oxygen atoms in total. The van der Waals surface area contributed by atoms with Crippen molar-refractivity contribution in [2.24, 2.45) is 0 Å². The first-order chi connectivity index (χ1) is 9.20. The maximum atomic E-state index is 11.9. The molecule has 0 saturated heterocycles. The molecule has 0 unspecified atom stereocenters. The van der Waals surface area contributed by atoms with Crippen molar-refractivity contribution in [3.05, 3.63) is 52.5 Å². The summed E-state index contributed by atoms with van der Waals surface area (Å²) in [6.07, 6.45) is 0. The van der Waals surface area contributed by atoms with Gasteiger partial charge < -0.3 is 10.4 Å². The number of hydrogen-bond acceptors (Lipinski definition) is 4. The van der Waals surface area contributed by atoms with Gasteiger partial charge in [0.2, 0.25) is 0 Å². The zero-order valence-electron chi connectivity index (χ0n) is 10.7. The number of benzene rings is 1. The largest absolute Gasteiger partial charge is 0.396 e. The summed E-state index contributed by atoms with van der Waals surface area (Å²) in [7, 11) is 0. The van der Waals surface area contributed by atoms with Gasteiger partial charge in [-0.15, -0.1) is 0 Å². The van der Waals surface area contributed by atoms with Crippen molar-refractivity contribution in [1.82, 2.24) is 9.69 Å². The fourth-order valence-electron chi connectivity index (χ4n) is 1.79. The molecule has 1 heterocycles. The number of nitrogens with zero attached hydrogens (tertiary/aromatic N) is 1. The summed E-state index contributed by atoms with van der Waals surface area (Å²) in [6, 6.07) is 11.4. The lowest BCUT2D eigenvalue weighted by atomic mass is 10.00. The third kappa shape index (κ3) is 3.62. The summed E-state index contributed by atoms with van der Waals surface area (Å²) < 4.78 is 4.06. The number of nitrogens with one attached hydrogen (secondary N) is 1. The zero-order valence-corrected chi connectivity index (χ0v) is 11.5. The van der Waals surface area contributed by atoms with Crippen LogP contribution in [0, 0.1) is 6.92 Å². The number of amides is 1. The summed E-state index contributed by atoms with van der Waals surface area (Å²) >= 11 is 1.31. The Morgan fingerprint density at radius 3 is 2.74 bits per heavy atom. The Bertz CT molecular complexity index is 539.